The SMILES string of the molecule is CCCCCCS(=O)(=O)C1CCNCC1. The lowest BCUT2D eigenvalue weighted by Gasteiger charge is -2.22. The molecule has 0 radical (unpaired) electrons. The third kappa shape index (κ3) is 4.51. The van der Waals surface area contributed by atoms with E-state index in [2.05, 4.69) is 12.2 Å². The molecule has 0 saturated carbocycles. The topological polar surface area (TPSA) is 46.2 Å². The Labute approximate surface area is 93.6 Å². The van der Waals surface area contributed by atoms with Crippen LogP contribution in [-0.2, 0) is 9.84 Å². The largest absolute Gasteiger partial charge is 0.317 e. The van der Waals surface area contributed by atoms with Crippen molar-refractivity contribution in [2.45, 2.75) is 50.7 Å². The first-order valence-corrected chi connectivity index (χ1v) is 7.80. The monoisotopic (exact) mass is 233 g/mol. The predicted molar refractivity (Wildman–Crippen MR) is 63.8 cm³/mol. The molecule has 1 rings (SSSR count). The fraction of sp³-hybridized carbons (Fsp3) is 1.00. The molecule has 0 aliphatic carbocycles. The van der Waals surface area contributed by atoms with Crippen LogP contribution in [0.25, 0.3) is 0 Å². The highest BCUT2D eigenvalue weighted by molar-refractivity contribution is 7.92. The van der Waals surface area contributed by atoms with Gasteiger partial charge in [-0.05, 0) is 32.4 Å². The highest BCUT2D eigenvalue weighted by atomic mass is 32.2. The van der Waals surface area contributed by atoms with E-state index in [0.717, 1.165) is 51.6 Å². The first-order valence-electron chi connectivity index (χ1n) is 6.09. The molecule has 0 atom stereocenters. The van der Waals surface area contributed by atoms with Gasteiger partial charge in [-0.1, -0.05) is 26.2 Å². The normalized spacial score (nSPS) is 19.3. The van der Waals surface area contributed by atoms with Crippen molar-refractivity contribution in [3.8, 4) is 0 Å². The van der Waals surface area contributed by atoms with E-state index in [-0.39, 0.29) is 5.25 Å². The Morgan fingerprint density at radius 2 is 1.80 bits per heavy atom. The van der Waals surface area contributed by atoms with Gasteiger partial charge < -0.3 is 5.32 Å². The number of nitrogens with one attached hydrogen (secondary N) is 1. The summed E-state index contributed by atoms with van der Waals surface area (Å²) in [7, 11) is -2.80. The van der Waals surface area contributed by atoms with Crippen molar-refractivity contribution in [1.82, 2.24) is 5.32 Å². The minimum atomic E-state index is -2.80. The Bertz CT molecular complexity index is 256. The lowest BCUT2D eigenvalue weighted by Crippen LogP contribution is -2.36. The number of sulfone groups is 1. The molecule has 1 saturated heterocycles. The zero-order chi connectivity index (χ0) is 11.1. The van der Waals surface area contributed by atoms with E-state index < -0.39 is 9.84 Å². The molecular weight excluding hydrogens is 210 g/mol. The molecule has 0 spiro atoms. The van der Waals surface area contributed by atoms with Gasteiger partial charge in [0.1, 0.15) is 0 Å². The molecular formula is C11H23NO2S. The van der Waals surface area contributed by atoms with Crippen molar-refractivity contribution < 1.29 is 8.42 Å². The minimum absolute atomic E-state index is 0.0691. The summed E-state index contributed by atoms with van der Waals surface area (Å²) < 4.78 is 23.8. The van der Waals surface area contributed by atoms with E-state index in [1.54, 1.807) is 0 Å². The zero-order valence-electron chi connectivity index (χ0n) is 9.67. The van der Waals surface area contributed by atoms with Gasteiger partial charge in [0.15, 0.2) is 9.84 Å². The van der Waals surface area contributed by atoms with Gasteiger partial charge in [-0.2, -0.15) is 0 Å². The third-order valence-corrected chi connectivity index (χ3v) is 5.42. The summed E-state index contributed by atoms with van der Waals surface area (Å²) in [5.74, 6) is 0.400. The van der Waals surface area contributed by atoms with Crippen molar-refractivity contribution in [1.29, 1.82) is 0 Å². The summed E-state index contributed by atoms with van der Waals surface area (Å²) in [6.45, 7) is 3.86. The Morgan fingerprint density at radius 1 is 1.13 bits per heavy atom. The molecule has 0 aromatic heterocycles. The maximum absolute atomic E-state index is 11.9. The molecule has 4 heteroatoms. The summed E-state index contributed by atoms with van der Waals surface area (Å²) in [4.78, 5) is 0. The lowest BCUT2D eigenvalue weighted by molar-refractivity contribution is 0.494. The first kappa shape index (κ1) is 13.0. The Morgan fingerprint density at radius 3 is 2.40 bits per heavy atom. The Kier molecular flexibility index (Phi) is 5.61. The fourth-order valence-corrected chi connectivity index (χ4v) is 3.95. The summed E-state index contributed by atoms with van der Waals surface area (Å²) in [6.07, 6.45) is 5.82. The smallest absolute Gasteiger partial charge is 0.153 e. The second-order valence-corrected chi connectivity index (χ2v) is 6.78. The molecule has 1 heterocycles. The molecule has 1 aliphatic rings. The maximum Gasteiger partial charge on any atom is 0.153 e. The highest BCUT2D eigenvalue weighted by Gasteiger charge is 2.26. The molecule has 1 aliphatic heterocycles. The van der Waals surface area contributed by atoms with Crippen LogP contribution in [-0.4, -0.2) is 32.5 Å². The average Bonchev–Trinajstić information content (AvgIpc) is 2.26. The number of hydrogen-bond donors (Lipinski definition) is 1. The molecule has 0 unspecified atom stereocenters. The van der Waals surface area contributed by atoms with Crippen LogP contribution in [0.3, 0.4) is 0 Å². The second kappa shape index (κ2) is 6.48. The molecule has 0 aromatic carbocycles. The van der Waals surface area contributed by atoms with Crippen LogP contribution >= 0.6 is 0 Å². The number of hydrogen-bond acceptors (Lipinski definition) is 3. The van der Waals surface area contributed by atoms with Crippen molar-refractivity contribution in [3.05, 3.63) is 0 Å². The minimum Gasteiger partial charge on any atom is -0.317 e. The van der Waals surface area contributed by atoms with Crippen molar-refractivity contribution in [3.63, 3.8) is 0 Å². The molecule has 1 N–H and O–H groups in total. The van der Waals surface area contributed by atoms with Crippen molar-refractivity contribution in [2.75, 3.05) is 18.8 Å². The fourth-order valence-electron chi connectivity index (χ4n) is 2.05. The van der Waals surface area contributed by atoms with Gasteiger partial charge >= 0.3 is 0 Å². The predicted octanol–water partition coefficient (Wildman–Crippen LogP) is 1.73. The van der Waals surface area contributed by atoms with Crippen molar-refractivity contribution >= 4 is 9.84 Å². The van der Waals surface area contributed by atoms with E-state index in [9.17, 15) is 8.42 Å². The summed E-state index contributed by atoms with van der Waals surface area (Å²) in [5, 5.41) is 3.13. The molecule has 0 aromatic rings. The van der Waals surface area contributed by atoms with E-state index in [1.807, 2.05) is 0 Å². The van der Waals surface area contributed by atoms with E-state index >= 15 is 0 Å². The Balaban J connectivity index is 2.30. The molecule has 0 bridgehead atoms. The van der Waals surface area contributed by atoms with E-state index in [4.69, 9.17) is 0 Å². The van der Waals surface area contributed by atoms with Gasteiger partial charge in [-0.25, -0.2) is 8.42 Å². The standard InChI is InChI=1S/C11H23NO2S/c1-2-3-4-5-10-15(13,14)11-6-8-12-9-7-11/h11-12H,2-10H2,1H3. The quantitative estimate of drug-likeness (QED) is 0.711. The van der Waals surface area contributed by atoms with E-state index in [1.165, 1.54) is 0 Å². The van der Waals surface area contributed by atoms with Gasteiger partial charge in [0.25, 0.3) is 0 Å². The van der Waals surface area contributed by atoms with Gasteiger partial charge in [0.2, 0.25) is 0 Å². The Hall–Kier alpha value is -0.0900. The number of piperidine rings is 1. The molecule has 15 heavy (non-hydrogen) atoms. The molecule has 0 amide bonds. The van der Waals surface area contributed by atoms with Crippen LogP contribution in [0, 0.1) is 0 Å². The van der Waals surface area contributed by atoms with E-state index in [0.29, 0.717) is 5.75 Å². The summed E-state index contributed by atoms with van der Waals surface area (Å²) in [6, 6.07) is 0. The van der Waals surface area contributed by atoms with Crippen LogP contribution in [0.5, 0.6) is 0 Å². The van der Waals surface area contributed by atoms with Gasteiger partial charge in [0, 0.05) is 0 Å². The van der Waals surface area contributed by atoms with Crippen LogP contribution in [0.15, 0.2) is 0 Å². The molecule has 90 valence electrons. The molecule has 3 nitrogen and oxygen atoms in total. The van der Waals surface area contributed by atoms with Gasteiger partial charge in [-0.3, -0.25) is 0 Å². The van der Waals surface area contributed by atoms with Gasteiger partial charge in [-0.15, -0.1) is 0 Å². The lowest BCUT2D eigenvalue weighted by atomic mass is 10.2. The van der Waals surface area contributed by atoms with Gasteiger partial charge in [0.05, 0.1) is 11.0 Å². The first-order chi connectivity index (χ1) is 7.17. The van der Waals surface area contributed by atoms with Crippen molar-refractivity contribution in [2.24, 2.45) is 0 Å². The van der Waals surface area contributed by atoms with Crippen LogP contribution < -0.4 is 5.32 Å². The zero-order valence-corrected chi connectivity index (χ0v) is 10.5. The second-order valence-electron chi connectivity index (χ2n) is 4.38. The summed E-state index contributed by atoms with van der Waals surface area (Å²) in [5.41, 5.74) is 0. The molecule has 1 fully saturated rings. The van der Waals surface area contributed by atoms with Crippen LogP contribution in [0.4, 0.5) is 0 Å². The maximum atomic E-state index is 11.9. The highest BCUT2D eigenvalue weighted by Crippen LogP contribution is 2.15. The van der Waals surface area contributed by atoms with Crippen LogP contribution in [0.2, 0.25) is 0 Å². The van der Waals surface area contributed by atoms with Crippen LogP contribution in [0.1, 0.15) is 45.4 Å². The summed E-state index contributed by atoms with van der Waals surface area (Å²) >= 11 is 0. The third-order valence-electron chi connectivity index (χ3n) is 3.08. The average molecular weight is 233 g/mol. The number of unbranched alkanes of at least 4 members (excludes halogenated alkanes) is 3. The number of rotatable bonds is 6.